The number of hydrogen-bond donors (Lipinski definition) is 1. The van der Waals surface area contributed by atoms with Crippen LogP contribution in [0.5, 0.6) is 0 Å². The number of fused-ring (bicyclic) bond motifs is 1. The van der Waals surface area contributed by atoms with Gasteiger partial charge in [-0.3, -0.25) is 9.88 Å². The molecule has 1 aliphatic rings. The fraction of sp³-hybridized carbons (Fsp3) is 0.357. The van der Waals surface area contributed by atoms with Crippen molar-refractivity contribution in [1.82, 2.24) is 9.88 Å². The summed E-state index contributed by atoms with van der Waals surface area (Å²) in [6, 6.07) is 10.8. The standard InChI is InChI=1S/C14H17N3/c15-12-6-8-17(10-12)9-11-5-7-16-14-4-2-1-3-13(11)14/h1-5,7,12H,6,8-10,15H2/t12-/m1/s1. The van der Waals surface area contributed by atoms with E-state index < -0.39 is 0 Å². The van der Waals surface area contributed by atoms with Crippen molar-refractivity contribution in [3.05, 3.63) is 42.1 Å². The van der Waals surface area contributed by atoms with Crippen LogP contribution in [0.15, 0.2) is 36.5 Å². The summed E-state index contributed by atoms with van der Waals surface area (Å²) >= 11 is 0. The van der Waals surface area contributed by atoms with Crippen LogP contribution >= 0.6 is 0 Å². The molecule has 0 radical (unpaired) electrons. The normalized spacial score (nSPS) is 21.1. The molecule has 1 aromatic carbocycles. The van der Waals surface area contributed by atoms with Gasteiger partial charge in [0.05, 0.1) is 5.52 Å². The van der Waals surface area contributed by atoms with Gasteiger partial charge >= 0.3 is 0 Å². The average Bonchev–Trinajstić information content (AvgIpc) is 2.75. The Morgan fingerprint density at radius 1 is 1.29 bits per heavy atom. The highest BCUT2D eigenvalue weighted by Gasteiger charge is 2.19. The second kappa shape index (κ2) is 4.43. The molecule has 2 heterocycles. The Bertz CT molecular complexity index is 518. The molecule has 0 unspecified atom stereocenters. The van der Waals surface area contributed by atoms with Crippen molar-refractivity contribution in [2.24, 2.45) is 5.73 Å². The zero-order valence-corrected chi connectivity index (χ0v) is 9.84. The largest absolute Gasteiger partial charge is 0.326 e. The Balaban J connectivity index is 1.90. The molecule has 88 valence electrons. The first kappa shape index (κ1) is 10.7. The molecule has 3 heteroatoms. The Kier molecular flexibility index (Phi) is 2.79. The monoisotopic (exact) mass is 227 g/mol. The van der Waals surface area contributed by atoms with Crippen molar-refractivity contribution in [3.8, 4) is 0 Å². The van der Waals surface area contributed by atoms with Crippen LogP contribution in [0.4, 0.5) is 0 Å². The van der Waals surface area contributed by atoms with E-state index in [1.54, 1.807) is 0 Å². The van der Waals surface area contributed by atoms with Crippen LogP contribution in [0.3, 0.4) is 0 Å². The molecule has 0 amide bonds. The van der Waals surface area contributed by atoms with Crippen LogP contribution in [-0.2, 0) is 6.54 Å². The van der Waals surface area contributed by atoms with E-state index in [9.17, 15) is 0 Å². The topological polar surface area (TPSA) is 42.1 Å². The number of hydrogen-bond acceptors (Lipinski definition) is 3. The lowest BCUT2D eigenvalue weighted by Crippen LogP contribution is -2.26. The zero-order valence-electron chi connectivity index (χ0n) is 9.84. The first-order chi connectivity index (χ1) is 8.33. The number of likely N-dealkylation sites (tertiary alicyclic amines) is 1. The van der Waals surface area contributed by atoms with E-state index in [2.05, 4.69) is 34.1 Å². The van der Waals surface area contributed by atoms with E-state index in [4.69, 9.17) is 5.73 Å². The smallest absolute Gasteiger partial charge is 0.0705 e. The first-order valence-corrected chi connectivity index (χ1v) is 6.13. The third-order valence-corrected chi connectivity index (χ3v) is 3.44. The maximum absolute atomic E-state index is 5.94. The van der Waals surface area contributed by atoms with Crippen LogP contribution in [0.25, 0.3) is 10.9 Å². The van der Waals surface area contributed by atoms with Crippen molar-refractivity contribution in [3.63, 3.8) is 0 Å². The maximum atomic E-state index is 5.94. The van der Waals surface area contributed by atoms with Crippen molar-refractivity contribution in [2.45, 2.75) is 19.0 Å². The number of rotatable bonds is 2. The molecule has 0 bridgehead atoms. The van der Waals surface area contributed by atoms with Gasteiger partial charge in [0.25, 0.3) is 0 Å². The maximum Gasteiger partial charge on any atom is 0.0705 e. The van der Waals surface area contributed by atoms with E-state index in [0.717, 1.165) is 31.6 Å². The molecule has 1 fully saturated rings. The van der Waals surface area contributed by atoms with Gasteiger partial charge in [0.2, 0.25) is 0 Å². The predicted octanol–water partition coefficient (Wildman–Crippen LogP) is 1.77. The summed E-state index contributed by atoms with van der Waals surface area (Å²) in [6.07, 6.45) is 3.01. The Labute approximate surface area is 101 Å². The van der Waals surface area contributed by atoms with Crippen LogP contribution < -0.4 is 5.73 Å². The molecule has 2 N–H and O–H groups in total. The van der Waals surface area contributed by atoms with E-state index >= 15 is 0 Å². The molecule has 3 rings (SSSR count). The SMILES string of the molecule is N[C@@H]1CCN(Cc2ccnc3ccccc23)C1. The van der Waals surface area contributed by atoms with Gasteiger partial charge in [-0.2, -0.15) is 0 Å². The number of nitrogens with two attached hydrogens (primary N) is 1. The summed E-state index contributed by atoms with van der Waals surface area (Å²) in [5.74, 6) is 0. The third-order valence-electron chi connectivity index (χ3n) is 3.44. The summed E-state index contributed by atoms with van der Waals surface area (Å²) in [6.45, 7) is 3.10. The fourth-order valence-electron chi connectivity index (χ4n) is 2.54. The molecule has 1 aliphatic heterocycles. The van der Waals surface area contributed by atoms with Crippen molar-refractivity contribution in [1.29, 1.82) is 0 Å². The van der Waals surface area contributed by atoms with Gasteiger partial charge in [-0.1, -0.05) is 18.2 Å². The summed E-state index contributed by atoms with van der Waals surface area (Å²) in [5, 5.41) is 1.26. The highest BCUT2D eigenvalue weighted by atomic mass is 15.2. The first-order valence-electron chi connectivity index (χ1n) is 6.13. The van der Waals surface area contributed by atoms with Crippen molar-refractivity contribution < 1.29 is 0 Å². The predicted molar refractivity (Wildman–Crippen MR) is 69.6 cm³/mol. The molecule has 0 spiro atoms. The van der Waals surface area contributed by atoms with E-state index in [0.29, 0.717) is 6.04 Å². The minimum absolute atomic E-state index is 0.350. The van der Waals surface area contributed by atoms with Crippen molar-refractivity contribution >= 4 is 10.9 Å². The van der Waals surface area contributed by atoms with Gasteiger partial charge in [0.15, 0.2) is 0 Å². The molecular weight excluding hydrogens is 210 g/mol. The minimum atomic E-state index is 0.350. The Morgan fingerprint density at radius 2 is 2.18 bits per heavy atom. The lowest BCUT2D eigenvalue weighted by molar-refractivity contribution is 0.328. The lowest BCUT2D eigenvalue weighted by atomic mass is 10.1. The molecule has 1 atom stereocenters. The van der Waals surface area contributed by atoms with Crippen LogP contribution in [0.2, 0.25) is 0 Å². The molecule has 1 saturated heterocycles. The number of nitrogens with zero attached hydrogens (tertiary/aromatic N) is 2. The summed E-state index contributed by atoms with van der Waals surface area (Å²) < 4.78 is 0. The lowest BCUT2D eigenvalue weighted by Gasteiger charge is -2.16. The zero-order chi connectivity index (χ0) is 11.7. The van der Waals surface area contributed by atoms with Gasteiger partial charge in [-0.25, -0.2) is 0 Å². The quantitative estimate of drug-likeness (QED) is 0.850. The summed E-state index contributed by atoms with van der Waals surface area (Å²) in [4.78, 5) is 6.81. The highest BCUT2D eigenvalue weighted by Crippen LogP contribution is 2.19. The van der Waals surface area contributed by atoms with E-state index in [1.165, 1.54) is 10.9 Å². The third kappa shape index (κ3) is 2.16. The number of pyridine rings is 1. The van der Waals surface area contributed by atoms with Gasteiger partial charge in [0.1, 0.15) is 0 Å². The van der Waals surface area contributed by atoms with Crippen LogP contribution in [-0.4, -0.2) is 29.0 Å². The molecule has 0 saturated carbocycles. The molecule has 0 aliphatic carbocycles. The minimum Gasteiger partial charge on any atom is -0.326 e. The van der Waals surface area contributed by atoms with E-state index in [1.807, 2.05) is 12.3 Å². The molecule has 3 nitrogen and oxygen atoms in total. The van der Waals surface area contributed by atoms with Gasteiger partial charge < -0.3 is 5.73 Å². The Morgan fingerprint density at radius 3 is 3.00 bits per heavy atom. The highest BCUT2D eigenvalue weighted by molar-refractivity contribution is 5.81. The van der Waals surface area contributed by atoms with Crippen molar-refractivity contribution in [2.75, 3.05) is 13.1 Å². The van der Waals surface area contributed by atoms with Gasteiger partial charge in [-0.05, 0) is 24.1 Å². The average molecular weight is 227 g/mol. The van der Waals surface area contributed by atoms with Gasteiger partial charge in [0, 0.05) is 37.3 Å². The second-order valence-corrected chi connectivity index (χ2v) is 4.77. The summed E-state index contributed by atoms with van der Waals surface area (Å²) in [7, 11) is 0. The van der Waals surface area contributed by atoms with Crippen LogP contribution in [0.1, 0.15) is 12.0 Å². The van der Waals surface area contributed by atoms with Crippen LogP contribution in [0, 0.1) is 0 Å². The molecule has 2 aromatic rings. The number of aromatic nitrogens is 1. The number of benzene rings is 1. The second-order valence-electron chi connectivity index (χ2n) is 4.77. The van der Waals surface area contributed by atoms with Gasteiger partial charge in [-0.15, -0.1) is 0 Å². The molecule has 17 heavy (non-hydrogen) atoms. The molecule has 1 aromatic heterocycles. The number of para-hydroxylation sites is 1. The Hall–Kier alpha value is -1.45. The molecular formula is C14H17N3. The van der Waals surface area contributed by atoms with E-state index in [-0.39, 0.29) is 0 Å². The summed E-state index contributed by atoms with van der Waals surface area (Å²) in [5.41, 5.74) is 8.37. The fourth-order valence-corrected chi connectivity index (χ4v) is 2.54.